The number of H-pyrrole nitrogens is 1. The van der Waals surface area contributed by atoms with Gasteiger partial charge in [0.05, 0.1) is 5.25 Å². The fraction of sp³-hybridized carbons (Fsp3) is 0.700. The van der Waals surface area contributed by atoms with E-state index in [-0.39, 0.29) is 11.2 Å². The molecular weight excluding hydrogens is 224 g/mol. The van der Waals surface area contributed by atoms with Crippen molar-refractivity contribution in [2.24, 2.45) is 0 Å². The lowest BCUT2D eigenvalue weighted by Gasteiger charge is -2.08. The third kappa shape index (κ3) is 2.98. The van der Waals surface area contributed by atoms with Crippen LogP contribution in [0.5, 0.6) is 0 Å². The average molecular weight is 240 g/mol. The first-order valence-electron chi connectivity index (χ1n) is 5.57. The van der Waals surface area contributed by atoms with Crippen LogP contribution in [0.2, 0.25) is 0 Å². The number of carbonyl (C=O) groups excluding carboxylic acids is 1. The van der Waals surface area contributed by atoms with E-state index in [2.05, 4.69) is 20.5 Å². The number of nitrogens with zero attached hydrogens (tertiary/aromatic N) is 2. The van der Waals surface area contributed by atoms with Gasteiger partial charge in [-0.3, -0.25) is 9.89 Å². The van der Waals surface area contributed by atoms with Crippen LogP contribution in [-0.4, -0.2) is 32.4 Å². The van der Waals surface area contributed by atoms with Crippen LogP contribution in [0.25, 0.3) is 0 Å². The van der Waals surface area contributed by atoms with E-state index in [9.17, 15) is 4.79 Å². The summed E-state index contributed by atoms with van der Waals surface area (Å²) in [5.41, 5.74) is 0. The monoisotopic (exact) mass is 240 g/mol. The third-order valence-corrected chi connectivity index (χ3v) is 3.38. The fourth-order valence-corrected chi connectivity index (χ4v) is 2.00. The molecule has 1 fully saturated rings. The molecule has 5 nitrogen and oxygen atoms in total. The lowest BCUT2D eigenvalue weighted by Crippen LogP contribution is -2.32. The zero-order valence-electron chi connectivity index (χ0n) is 9.49. The number of aromatic amines is 1. The van der Waals surface area contributed by atoms with Crippen LogP contribution < -0.4 is 5.32 Å². The van der Waals surface area contributed by atoms with Crippen molar-refractivity contribution in [3.63, 3.8) is 0 Å². The normalized spacial score (nSPS) is 17.1. The van der Waals surface area contributed by atoms with Crippen LogP contribution in [0, 0.1) is 0 Å². The Morgan fingerprint density at radius 2 is 2.44 bits per heavy atom. The van der Waals surface area contributed by atoms with Gasteiger partial charge in [-0.15, -0.1) is 5.10 Å². The Balaban J connectivity index is 1.84. The van der Waals surface area contributed by atoms with Crippen molar-refractivity contribution in [2.75, 3.05) is 0 Å². The highest BCUT2D eigenvalue weighted by molar-refractivity contribution is 8.00. The number of carbonyl (C=O) groups is 1. The summed E-state index contributed by atoms with van der Waals surface area (Å²) in [5, 5.41) is 10.4. The molecule has 0 bridgehead atoms. The molecule has 0 aliphatic heterocycles. The van der Waals surface area contributed by atoms with Crippen LogP contribution in [-0.2, 0) is 11.2 Å². The van der Waals surface area contributed by atoms with Gasteiger partial charge in [0.2, 0.25) is 11.1 Å². The largest absolute Gasteiger partial charge is 0.352 e. The first-order chi connectivity index (χ1) is 7.69. The van der Waals surface area contributed by atoms with Crippen molar-refractivity contribution < 1.29 is 4.79 Å². The Bertz CT molecular complexity index is 375. The zero-order valence-corrected chi connectivity index (χ0v) is 10.3. The molecule has 2 N–H and O–H groups in total. The van der Waals surface area contributed by atoms with Crippen LogP contribution in [0.1, 0.15) is 32.5 Å². The molecule has 0 radical (unpaired) electrons. The molecule has 2 rings (SSSR count). The third-order valence-electron chi connectivity index (χ3n) is 2.42. The molecule has 16 heavy (non-hydrogen) atoms. The molecule has 1 aliphatic carbocycles. The van der Waals surface area contributed by atoms with Gasteiger partial charge in [-0.05, 0) is 19.8 Å². The number of aromatic nitrogens is 3. The van der Waals surface area contributed by atoms with Crippen molar-refractivity contribution in [1.82, 2.24) is 20.5 Å². The molecule has 1 atom stereocenters. The van der Waals surface area contributed by atoms with Gasteiger partial charge >= 0.3 is 0 Å². The summed E-state index contributed by atoms with van der Waals surface area (Å²) in [6.07, 6.45) is 3.06. The van der Waals surface area contributed by atoms with Crippen LogP contribution in [0.4, 0.5) is 0 Å². The Kier molecular flexibility index (Phi) is 3.48. The van der Waals surface area contributed by atoms with E-state index in [4.69, 9.17) is 0 Å². The van der Waals surface area contributed by atoms with Crippen molar-refractivity contribution in [1.29, 1.82) is 0 Å². The molecule has 0 saturated heterocycles. The van der Waals surface area contributed by atoms with Gasteiger partial charge in [-0.1, -0.05) is 18.7 Å². The predicted octanol–water partition coefficient (Wildman–Crippen LogP) is 1.13. The summed E-state index contributed by atoms with van der Waals surface area (Å²) >= 11 is 1.39. The number of amides is 1. The number of hydrogen-bond acceptors (Lipinski definition) is 4. The van der Waals surface area contributed by atoms with Crippen molar-refractivity contribution in [2.45, 2.75) is 49.6 Å². The second kappa shape index (κ2) is 4.86. The van der Waals surface area contributed by atoms with Gasteiger partial charge in [-0.25, -0.2) is 4.98 Å². The van der Waals surface area contributed by atoms with E-state index in [0.29, 0.717) is 11.2 Å². The second-order valence-corrected chi connectivity index (χ2v) is 5.27. The number of hydrogen-bond donors (Lipinski definition) is 2. The summed E-state index contributed by atoms with van der Waals surface area (Å²) in [6.45, 7) is 3.89. The van der Waals surface area contributed by atoms with E-state index in [0.717, 1.165) is 25.1 Å². The van der Waals surface area contributed by atoms with E-state index in [1.54, 1.807) is 0 Å². The summed E-state index contributed by atoms with van der Waals surface area (Å²) in [7, 11) is 0. The fourth-order valence-electron chi connectivity index (χ4n) is 1.25. The van der Waals surface area contributed by atoms with Gasteiger partial charge in [-0.2, -0.15) is 0 Å². The molecule has 1 aromatic heterocycles. The van der Waals surface area contributed by atoms with Gasteiger partial charge in [0.15, 0.2) is 0 Å². The zero-order chi connectivity index (χ0) is 11.5. The molecule has 1 aromatic rings. The highest BCUT2D eigenvalue weighted by Crippen LogP contribution is 2.22. The van der Waals surface area contributed by atoms with Crippen molar-refractivity contribution >= 4 is 17.7 Å². The number of nitrogens with one attached hydrogen (secondary N) is 2. The second-order valence-electron chi connectivity index (χ2n) is 3.96. The van der Waals surface area contributed by atoms with Gasteiger partial charge in [0.1, 0.15) is 5.82 Å². The van der Waals surface area contributed by atoms with Crippen molar-refractivity contribution in [3.05, 3.63) is 5.82 Å². The molecule has 0 spiro atoms. The summed E-state index contributed by atoms with van der Waals surface area (Å²) in [6, 6.07) is 0.411. The number of thioether (sulfide) groups is 1. The van der Waals surface area contributed by atoms with Crippen LogP contribution in [0.3, 0.4) is 0 Å². The van der Waals surface area contributed by atoms with E-state index in [1.165, 1.54) is 11.8 Å². The molecule has 1 aliphatic rings. The van der Waals surface area contributed by atoms with Gasteiger partial charge in [0.25, 0.3) is 0 Å². The Morgan fingerprint density at radius 3 is 3.00 bits per heavy atom. The van der Waals surface area contributed by atoms with Crippen LogP contribution >= 0.6 is 11.8 Å². The maximum absolute atomic E-state index is 11.7. The summed E-state index contributed by atoms with van der Waals surface area (Å²) < 4.78 is 0. The lowest BCUT2D eigenvalue weighted by atomic mass is 10.4. The number of rotatable bonds is 5. The first-order valence-corrected chi connectivity index (χ1v) is 6.45. The minimum atomic E-state index is -0.138. The maximum atomic E-state index is 11.7. The molecule has 0 aromatic carbocycles. The lowest BCUT2D eigenvalue weighted by molar-refractivity contribution is -0.120. The first kappa shape index (κ1) is 11.4. The summed E-state index contributed by atoms with van der Waals surface area (Å²) in [4.78, 5) is 15.9. The molecule has 88 valence electrons. The molecule has 1 heterocycles. The molecular formula is C10H16N4OS. The Morgan fingerprint density at radius 1 is 1.69 bits per heavy atom. The molecule has 6 heteroatoms. The maximum Gasteiger partial charge on any atom is 0.233 e. The minimum Gasteiger partial charge on any atom is -0.352 e. The summed E-state index contributed by atoms with van der Waals surface area (Å²) in [5.74, 6) is 0.938. The SMILES string of the molecule is CCc1nc(SC(C)C(=O)NC2CC2)n[nH]1. The van der Waals surface area contributed by atoms with Crippen molar-refractivity contribution in [3.8, 4) is 0 Å². The quantitative estimate of drug-likeness (QED) is 0.757. The predicted molar refractivity (Wildman–Crippen MR) is 62.2 cm³/mol. The molecule has 1 amide bonds. The standard InChI is InChI=1S/C10H16N4OS/c1-3-8-12-10(14-13-8)16-6(2)9(15)11-7-4-5-7/h6-7H,3-5H2,1-2H3,(H,11,15)(H,12,13,14). The highest BCUT2D eigenvalue weighted by Gasteiger charge is 2.26. The Hall–Kier alpha value is -1.04. The Labute approximate surface area is 98.8 Å². The number of aryl methyl sites for hydroxylation is 1. The van der Waals surface area contributed by atoms with Gasteiger partial charge in [0, 0.05) is 12.5 Å². The van der Waals surface area contributed by atoms with E-state index in [1.807, 2.05) is 13.8 Å². The van der Waals surface area contributed by atoms with Crippen LogP contribution in [0.15, 0.2) is 5.16 Å². The topological polar surface area (TPSA) is 70.7 Å². The molecule has 1 unspecified atom stereocenters. The van der Waals surface area contributed by atoms with Gasteiger partial charge < -0.3 is 5.32 Å². The highest BCUT2D eigenvalue weighted by atomic mass is 32.2. The smallest absolute Gasteiger partial charge is 0.233 e. The van der Waals surface area contributed by atoms with E-state index < -0.39 is 0 Å². The minimum absolute atomic E-state index is 0.0790. The van der Waals surface area contributed by atoms with E-state index >= 15 is 0 Å². The molecule has 1 saturated carbocycles. The average Bonchev–Trinajstić information content (AvgIpc) is 2.96.